The lowest BCUT2D eigenvalue weighted by Crippen LogP contribution is -2.55. The number of urea groups is 1. The topological polar surface area (TPSA) is 153 Å². The Morgan fingerprint density at radius 3 is 2.42 bits per heavy atom. The predicted octanol–water partition coefficient (Wildman–Crippen LogP) is 3.91. The molecule has 4 N–H and O–H groups in total. The first-order chi connectivity index (χ1) is 27.3. The van der Waals surface area contributed by atoms with Gasteiger partial charge in [0.15, 0.2) is 6.10 Å². The van der Waals surface area contributed by atoms with E-state index in [1.807, 2.05) is 31.3 Å². The van der Waals surface area contributed by atoms with Gasteiger partial charge < -0.3 is 40.5 Å². The van der Waals surface area contributed by atoms with E-state index in [0.29, 0.717) is 65.1 Å². The lowest BCUT2D eigenvalue weighted by atomic mass is 10.0. The number of anilines is 2. The first kappa shape index (κ1) is 42.3. The Morgan fingerprint density at radius 1 is 0.982 bits per heavy atom. The zero-order valence-electron chi connectivity index (χ0n) is 32.2. The summed E-state index contributed by atoms with van der Waals surface area (Å²) in [5.41, 5.74) is 5.79. The number of fused-ring (bicyclic) bond motifs is 1. The average molecular weight is 821 g/mol. The number of nitrogen functional groups attached to an aromatic ring is 1. The van der Waals surface area contributed by atoms with Gasteiger partial charge in [-0.25, -0.2) is 9.59 Å². The van der Waals surface area contributed by atoms with Crippen molar-refractivity contribution in [2.24, 2.45) is 0 Å². The number of nitrogens with zero attached hydrogens (tertiary/aromatic N) is 5. The number of nitrogens with one attached hydrogen (secondary N) is 2. The molecule has 14 nitrogen and oxygen atoms in total. The van der Waals surface area contributed by atoms with Crippen LogP contribution in [0.25, 0.3) is 0 Å². The van der Waals surface area contributed by atoms with Gasteiger partial charge in [-0.3, -0.25) is 19.4 Å². The fraction of sp³-hybridized carbons (Fsp3) is 0.590. The smallest absolute Gasteiger partial charge is 0.418 e. The van der Waals surface area contributed by atoms with Gasteiger partial charge in [-0.1, -0.05) is 29.8 Å². The fourth-order valence-corrected chi connectivity index (χ4v) is 8.38. The molecule has 4 heterocycles. The molecule has 0 aromatic heterocycles. The van der Waals surface area contributed by atoms with Crippen molar-refractivity contribution in [1.29, 1.82) is 0 Å². The maximum absolute atomic E-state index is 14.1. The van der Waals surface area contributed by atoms with Crippen molar-refractivity contribution in [3.63, 3.8) is 0 Å². The molecular weight excluding hydrogens is 769 g/mol. The minimum absolute atomic E-state index is 0.0461. The van der Waals surface area contributed by atoms with Crippen LogP contribution in [0, 0.1) is 0 Å². The Kier molecular flexibility index (Phi) is 14.1. The first-order valence-electron chi connectivity index (χ1n) is 19.6. The number of hydrogen-bond donors (Lipinski definition) is 3. The van der Waals surface area contributed by atoms with Crippen molar-refractivity contribution in [3.05, 3.63) is 58.1 Å². The summed E-state index contributed by atoms with van der Waals surface area (Å²) in [4.78, 5) is 62.4. The third-order valence-electron chi connectivity index (χ3n) is 11.3. The number of carbonyl (C=O) groups excluding carboxylic acids is 4. The number of halogens is 4. The Hall–Kier alpha value is -4.32. The molecule has 0 aliphatic carbocycles. The highest BCUT2D eigenvalue weighted by Crippen LogP contribution is 2.38. The summed E-state index contributed by atoms with van der Waals surface area (Å²) in [7, 11) is 1.84. The number of rotatable bonds is 12. The van der Waals surface area contributed by atoms with Gasteiger partial charge in [-0.2, -0.15) is 13.2 Å². The molecule has 312 valence electrons. The van der Waals surface area contributed by atoms with Gasteiger partial charge >= 0.3 is 24.3 Å². The van der Waals surface area contributed by atoms with Crippen LogP contribution in [-0.2, 0) is 38.1 Å². The number of nitrogens with two attached hydrogens (primary N) is 1. The molecule has 4 amide bonds. The van der Waals surface area contributed by atoms with Crippen LogP contribution in [0.2, 0.25) is 5.02 Å². The quantitative estimate of drug-likeness (QED) is 0.163. The monoisotopic (exact) mass is 820 g/mol. The maximum atomic E-state index is 14.1. The van der Waals surface area contributed by atoms with Crippen LogP contribution < -0.4 is 16.4 Å². The van der Waals surface area contributed by atoms with Crippen LogP contribution in [0.3, 0.4) is 0 Å². The van der Waals surface area contributed by atoms with Gasteiger partial charge in [0.1, 0.15) is 0 Å². The lowest BCUT2D eigenvalue weighted by molar-refractivity contribution is -0.145. The summed E-state index contributed by atoms with van der Waals surface area (Å²) in [5, 5.41) is 5.68. The van der Waals surface area contributed by atoms with Gasteiger partial charge in [0.05, 0.1) is 29.4 Å². The third-order valence-corrected chi connectivity index (χ3v) is 11.6. The van der Waals surface area contributed by atoms with Crippen molar-refractivity contribution in [3.8, 4) is 0 Å². The van der Waals surface area contributed by atoms with E-state index in [1.165, 1.54) is 11.0 Å². The van der Waals surface area contributed by atoms with Crippen LogP contribution in [0.4, 0.5) is 34.1 Å². The number of piperazine rings is 1. The van der Waals surface area contributed by atoms with Gasteiger partial charge in [-0.15, -0.1) is 0 Å². The number of hydrogen-bond acceptors (Lipinski definition) is 10. The van der Waals surface area contributed by atoms with Crippen molar-refractivity contribution in [2.45, 2.75) is 62.9 Å². The number of esters is 1. The molecule has 0 radical (unpaired) electrons. The lowest BCUT2D eigenvalue weighted by Gasteiger charge is -2.40. The molecule has 2 aromatic rings. The Labute approximate surface area is 335 Å². The highest BCUT2D eigenvalue weighted by molar-refractivity contribution is 6.33. The number of para-hydroxylation sites is 1. The second-order valence-corrected chi connectivity index (χ2v) is 15.5. The Bertz CT molecular complexity index is 1750. The number of amides is 4. The molecule has 0 bridgehead atoms. The molecule has 2 aromatic carbocycles. The van der Waals surface area contributed by atoms with Crippen molar-refractivity contribution in [2.75, 3.05) is 96.7 Å². The Balaban J connectivity index is 1.07. The zero-order valence-corrected chi connectivity index (χ0v) is 33.0. The van der Waals surface area contributed by atoms with Crippen LogP contribution >= 0.6 is 11.6 Å². The fourth-order valence-electron chi connectivity index (χ4n) is 8.14. The molecule has 4 aliphatic rings. The van der Waals surface area contributed by atoms with Crippen LogP contribution in [0.1, 0.15) is 42.4 Å². The zero-order chi connectivity index (χ0) is 40.7. The van der Waals surface area contributed by atoms with E-state index in [0.717, 1.165) is 43.2 Å². The van der Waals surface area contributed by atoms with E-state index < -0.39 is 35.5 Å². The van der Waals surface area contributed by atoms with Crippen molar-refractivity contribution < 1.29 is 41.8 Å². The molecule has 57 heavy (non-hydrogen) atoms. The van der Waals surface area contributed by atoms with Crippen molar-refractivity contribution >= 4 is 47.0 Å². The number of ether oxygens (including phenoxy) is 2. The van der Waals surface area contributed by atoms with E-state index >= 15 is 0 Å². The largest absolute Gasteiger partial charge is 0.465 e. The van der Waals surface area contributed by atoms with Gasteiger partial charge in [-0.05, 0) is 75.0 Å². The molecular formula is C39H52ClF3N8O6. The second kappa shape index (κ2) is 19.0. The van der Waals surface area contributed by atoms with Crippen molar-refractivity contribution in [1.82, 2.24) is 29.8 Å². The normalized spacial score (nSPS) is 20.5. The highest BCUT2D eigenvalue weighted by atomic mass is 35.5. The summed E-state index contributed by atoms with van der Waals surface area (Å²) in [5.74, 6) is -0.776. The molecule has 2 atom stereocenters. The summed E-state index contributed by atoms with van der Waals surface area (Å²) in [6.07, 6.45) is -4.08. The van der Waals surface area contributed by atoms with Crippen LogP contribution in [-0.4, -0.2) is 152 Å². The molecule has 4 aliphatic heterocycles. The van der Waals surface area contributed by atoms with Crippen LogP contribution in [0.5, 0.6) is 0 Å². The standard InChI is InChI=1S/C39H52ClF3N8O6/c1-45-11-4-20-56-34(52)25-47-12-8-29(24-47)48-16-18-49(19-17-48)36(53)33(23-26-21-30(39(41,42)43)35(44)31(40)22-26)57-38(55)50-13-9-28(10-14-50)51-15-7-27-5-2-3-6-32(27)46-37(51)54/h2-3,5-6,21-22,28-29,33,45H,4,7-20,23-25,44H2,1H3,(H,46,54)/t29-,33-/m1/s1. The minimum atomic E-state index is -4.80. The molecule has 0 spiro atoms. The van der Waals surface area contributed by atoms with Crippen LogP contribution in [0.15, 0.2) is 36.4 Å². The maximum Gasteiger partial charge on any atom is 0.418 e. The molecule has 18 heteroatoms. The van der Waals surface area contributed by atoms with E-state index in [-0.39, 0.29) is 60.7 Å². The summed E-state index contributed by atoms with van der Waals surface area (Å²) in [6, 6.07) is 9.62. The SMILES string of the molecule is CNCCCOC(=O)CN1CC[C@@H](N2CCN(C(=O)[C@@H](Cc3cc(Cl)c(N)c(C(F)(F)F)c3)OC(=O)N3CCC(N4CCc5ccccc5NC4=O)CC3)CC2)C1. The summed E-state index contributed by atoms with van der Waals surface area (Å²) >= 11 is 6.13. The number of benzene rings is 2. The Morgan fingerprint density at radius 2 is 1.70 bits per heavy atom. The van der Waals surface area contributed by atoms with Gasteiger partial charge in [0.2, 0.25) is 0 Å². The first-order valence-corrected chi connectivity index (χ1v) is 20.0. The summed E-state index contributed by atoms with van der Waals surface area (Å²) < 4.78 is 52.9. The summed E-state index contributed by atoms with van der Waals surface area (Å²) in [6.45, 7) is 5.54. The number of alkyl halides is 3. The second-order valence-electron chi connectivity index (χ2n) is 15.1. The van der Waals surface area contributed by atoms with E-state index in [2.05, 4.69) is 20.4 Å². The molecule has 3 fully saturated rings. The average Bonchev–Trinajstić information content (AvgIpc) is 3.58. The van der Waals surface area contributed by atoms with E-state index in [9.17, 15) is 32.3 Å². The molecule has 3 saturated heterocycles. The van der Waals surface area contributed by atoms with E-state index in [4.69, 9.17) is 26.8 Å². The van der Waals surface area contributed by atoms with Gasteiger partial charge in [0.25, 0.3) is 5.91 Å². The third kappa shape index (κ3) is 10.8. The number of carbonyl (C=O) groups is 4. The molecule has 0 saturated carbocycles. The van der Waals surface area contributed by atoms with Gasteiger partial charge in [0, 0.05) is 83.1 Å². The van der Waals surface area contributed by atoms with E-state index in [1.54, 1.807) is 9.80 Å². The predicted molar refractivity (Wildman–Crippen MR) is 208 cm³/mol. The highest BCUT2D eigenvalue weighted by Gasteiger charge is 2.39. The molecule has 6 rings (SSSR count). The number of piperidine rings is 1. The number of likely N-dealkylation sites (tertiary alicyclic amines) is 2. The molecule has 0 unspecified atom stereocenters. The minimum Gasteiger partial charge on any atom is -0.465 e.